The molecule has 1 amide bonds. The molecule has 6 nitrogen and oxygen atoms in total. The third-order valence-corrected chi connectivity index (χ3v) is 3.39. The number of carbonyl (C=O) groups excluding carboxylic acids is 1. The molecule has 0 atom stereocenters. The van der Waals surface area contributed by atoms with E-state index in [2.05, 4.69) is 15.6 Å². The lowest BCUT2D eigenvalue weighted by Gasteiger charge is -2.06. The molecule has 112 valence electrons. The maximum atomic E-state index is 12.0. The molecule has 0 aliphatic heterocycles. The fourth-order valence-corrected chi connectivity index (χ4v) is 2.23. The monoisotopic (exact) mass is 296 g/mol. The van der Waals surface area contributed by atoms with Gasteiger partial charge in [0.05, 0.1) is 5.52 Å². The van der Waals surface area contributed by atoms with Gasteiger partial charge in [-0.1, -0.05) is 29.5 Å². The average Bonchev–Trinajstić information content (AvgIpc) is 2.93. The van der Waals surface area contributed by atoms with Gasteiger partial charge in [-0.25, -0.2) is 4.68 Å². The number of aromatic nitrogens is 3. The van der Waals surface area contributed by atoms with E-state index in [4.69, 9.17) is 0 Å². The standard InChI is InChI=1S/C16H16N4O2/c21-13-7-5-12(6-8-13)9-10-17-16(22)11-20-15-4-2-1-3-14(15)18-19-20/h1-8,21H,9-11H2,(H,17,22). The second-order valence-electron chi connectivity index (χ2n) is 5.00. The fourth-order valence-electron chi connectivity index (χ4n) is 2.23. The molecule has 0 aliphatic rings. The van der Waals surface area contributed by atoms with Gasteiger partial charge in [-0.15, -0.1) is 5.10 Å². The number of para-hydroxylation sites is 1. The van der Waals surface area contributed by atoms with E-state index in [1.54, 1.807) is 16.8 Å². The molecule has 2 aromatic carbocycles. The number of amides is 1. The van der Waals surface area contributed by atoms with E-state index in [0.29, 0.717) is 13.0 Å². The van der Waals surface area contributed by atoms with E-state index in [0.717, 1.165) is 16.6 Å². The third-order valence-electron chi connectivity index (χ3n) is 3.39. The second-order valence-corrected chi connectivity index (χ2v) is 5.00. The van der Waals surface area contributed by atoms with E-state index in [9.17, 15) is 9.90 Å². The molecule has 1 aromatic heterocycles. The SMILES string of the molecule is O=C(Cn1nnc2ccccc21)NCCc1ccc(O)cc1. The van der Waals surface area contributed by atoms with E-state index < -0.39 is 0 Å². The number of carbonyl (C=O) groups is 1. The zero-order valence-electron chi connectivity index (χ0n) is 11.9. The molecular formula is C16H16N4O2. The Morgan fingerprint density at radius 1 is 1.14 bits per heavy atom. The van der Waals surface area contributed by atoms with E-state index in [-0.39, 0.29) is 18.2 Å². The average molecular weight is 296 g/mol. The Balaban J connectivity index is 1.53. The molecule has 0 bridgehead atoms. The molecule has 2 N–H and O–H groups in total. The highest BCUT2D eigenvalue weighted by molar-refractivity contribution is 5.79. The molecule has 3 aromatic rings. The van der Waals surface area contributed by atoms with Gasteiger partial charge in [0, 0.05) is 6.54 Å². The summed E-state index contributed by atoms with van der Waals surface area (Å²) in [6, 6.07) is 14.5. The van der Waals surface area contributed by atoms with Crippen molar-refractivity contribution in [3.63, 3.8) is 0 Å². The Kier molecular flexibility index (Phi) is 4.00. The van der Waals surface area contributed by atoms with Gasteiger partial charge in [-0.2, -0.15) is 0 Å². The Bertz CT molecular complexity index is 780. The molecule has 0 saturated heterocycles. The number of aromatic hydroxyl groups is 1. The van der Waals surface area contributed by atoms with Crippen LogP contribution in [0.5, 0.6) is 5.75 Å². The number of nitrogens with zero attached hydrogens (tertiary/aromatic N) is 3. The van der Waals surface area contributed by atoms with Crippen molar-refractivity contribution in [2.24, 2.45) is 0 Å². The summed E-state index contributed by atoms with van der Waals surface area (Å²) >= 11 is 0. The molecule has 0 aliphatic carbocycles. The van der Waals surface area contributed by atoms with Crippen LogP contribution in [0.3, 0.4) is 0 Å². The summed E-state index contributed by atoms with van der Waals surface area (Å²) in [5, 5.41) is 20.1. The second kappa shape index (κ2) is 6.26. The summed E-state index contributed by atoms with van der Waals surface area (Å²) in [7, 11) is 0. The lowest BCUT2D eigenvalue weighted by atomic mass is 10.1. The van der Waals surface area contributed by atoms with E-state index >= 15 is 0 Å². The van der Waals surface area contributed by atoms with Crippen molar-refractivity contribution < 1.29 is 9.90 Å². The van der Waals surface area contributed by atoms with Gasteiger partial charge in [0.25, 0.3) is 0 Å². The molecule has 22 heavy (non-hydrogen) atoms. The van der Waals surface area contributed by atoms with Gasteiger partial charge in [0.2, 0.25) is 5.91 Å². The number of hydrogen-bond acceptors (Lipinski definition) is 4. The molecule has 0 fully saturated rings. The van der Waals surface area contributed by atoms with Crippen molar-refractivity contribution in [1.82, 2.24) is 20.3 Å². The van der Waals surface area contributed by atoms with Crippen molar-refractivity contribution in [3.8, 4) is 5.75 Å². The first-order valence-electron chi connectivity index (χ1n) is 7.05. The van der Waals surface area contributed by atoms with Crippen LogP contribution in [0.4, 0.5) is 0 Å². The molecule has 1 heterocycles. The highest BCUT2D eigenvalue weighted by Crippen LogP contribution is 2.10. The highest BCUT2D eigenvalue weighted by atomic mass is 16.3. The van der Waals surface area contributed by atoms with Crippen molar-refractivity contribution >= 4 is 16.9 Å². The number of rotatable bonds is 5. The lowest BCUT2D eigenvalue weighted by molar-refractivity contribution is -0.121. The number of fused-ring (bicyclic) bond motifs is 1. The smallest absolute Gasteiger partial charge is 0.241 e. The summed E-state index contributed by atoms with van der Waals surface area (Å²) in [4.78, 5) is 12.0. The summed E-state index contributed by atoms with van der Waals surface area (Å²) in [6.07, 6.45) is 0.712. The first kappa shape index (κ1) is 14.1. The number of phenolic OH excluding ortho intramolecular Hbond substituents is 1. The van der Waals surface area contributed by atoms with Crippen LogP contribution < -0.4 is 5.32 Å². The predicted octanol–water partition coefficient (Wildman–Crippen LogP) is 1.50. The maximum Gasteiger partial charge on any atom is 0.241 e. The Labute approximate surface area is 127 Å². The molecule has 6 heteroatoms. The Morgan fingerprint density at radius 3 is 2.73 bits per heavy atom. The van der Waals surface area contributed by atoms with Crippen molar-refractivity contribution in [2.45, 2.75) is 13.0 Å². The number of hydrogen-bond donors (Lipinski definition) is 2. The van der Waals surface area contributed by atoms with Crippen LogP contribution >= 0.6 is 0 Å². The summed E-state index contributed by atoms with van der Waals surface area (Å²) in [5.74, 6) is 0.139. The minimum atomic E-state index is -0.102. The topological polar surface area (TPSA) is 80.0 Å². The van der Waals surface area contributed by atoms with Gasteiger partial charge in [0.15, 0.2) is 0 Å². The summed E-state index contributed by atoms with van der Waals surface area (Å²) in [5.41, 5.74) is 2.68. The minimum Gasteiger partial charge on any atom is -0.508 e. The normalized spacial score (nSPS) is 10.7. The van der Waals surface area contributed by atoms with Crippen LogP contribution in [-0.4, -0.2) is 32.6 Å². The van der Waals surface area contributed by atoms with Gasteiger partial charge in [0.1, 0.15) is 17.8 Å². The first-order chi connectivity index (χ1) is 10.7. The highest BCUT2D eigenvalue weighted by Gasteiger charge is 2.07. The Morgan fingerprint density at radius 2 is 1.91 bits per heavy atom. The number of phenols is 1. The fraction of sp³-hybridized carbons (Fsp3) is 0.188. The molecule has 0 unspecified atom stereocenters. The van der Waals surface area contributed by atoms with E-state index in [1.807, 2.05) is 36.4 Å². The summed E-state index contributed by atoms with van der Waals surface area (Å²) in [6.45, 7) is 0.687. The molecular weight excluding hydrogens is 280 g/mol. The van der Waals surface area contributed by atoms with Crippen LogP contribution in [0.25, 0.3) is 11.0 Å². The minimum absolute atomic E-state index is 0.102. The van der Waals surface area contributed by atoms with Crippen LogP contribution in [0.2, 0.25) is 0 Å². The van der Waals surface area contributed by atoms with E-state index in [1.165, 1.54) is 0 Å². The van der Waals surface area contributed by atoms with Crippen molar-refractivity contribution in [2.75, 3.05) is 6.54 Å². The lowest BCUT2D eigenvalue weighted by Crippen LogP contribution is -2.29. The van der Waals surface area contributed by atoms with Crippen LogP contribution in [-0.2, 0) is 17.8 Å². The zero-order valence-corrected chi connectivity index (χ0v) is 11.9. The first-order valence-corrected chi connectivity index (χ1v) is 7.05. The quantitative estimate of drug-likeness (QED) is 0.747. The third kappa shape index (κ3) is 3.22. The van der Waals surface area contributed by atoms with Crippen molar-refractivity contribution in [1.29, 1.82) is 0 Å². The van der Waals surface area contributed by atoms with Crippen LogP contribution in [0.1, 0.15) is 5.56 Å². The molecule has 0 radical (unpaired) electrons. The predicted molar refractivity (Wildman–Crippen MR) is 82.3 cm³/mol. The van der Waals surface area contributed by atoms with Crippen molar-refractivity contribution in [3.05, 3.63) is 54.1 Å². The van der Waals surface area contributed by atoms with Gasteiger partial charge < -0.3 is 10.4 Å². The molecule has 0 saturated carbocycles. The maximum absolute atomic E-state index is 12.0. The number of nitrogens with one attached hydrogen (secondary N) is 1. The largest absolute Gasteiger partial charge is 0.508 e. The summed E-state index contributed by atoms with van der Waals surface area (Å²) < 4.78 is 1.59. The van der Waals surface area contributed by atoms with Crippen LogP contribution in [0.15, 0.2) is 48.5 Å². The zero-order chi connectivity index (χ0) is 15.4. The Hall–Kier alpha value is -2.89. The number of benzene rings is 2. The van der Waals surface area contributed by atoms with Gasteiger partial charge in [-0.05, 0) is 36.2 Å². The van der Waals surface area contributed by atoms with Crippen LogP contribution in [0, 0.1) is 0 Å². The molecule has 3 rings (SSSR count). The van der Waals surface area contributed by atoms with Gasteiger partial charge >= 0.3 is 0 Å². The van der Waals surface area contributed by atoms with Gasteiger partial charge in [-0.3, -0.25) is 4.79 Å². The molecule has 0 spiro atoms.